The highest BCUT2D eigenvalue weighted by Gasteiger charge is 2.28. The maximum Gasteiger partial charge on any atom is 0.184 e. The van der Waals surface area contributed by atoms with Gasteiger partial charge in [0.2, 0.25) is 0 Å². The highest BCUT2D eigenvalue weighted by atomic mass is 35.5. The van der Waals surface area contributed by atoms with E-state index in [1.807, 2.05) is 0 Å². The second-order valence-electron chi connectivity index (χ2n) is 7.14. The van der Waals surface area contributed by atoms with Crippen molar-refractivity contribution < 1.29 is 18.4 Å². The summed E-state index contributed by atoms with van der Waals surface area (Å²) in [7, 11) is 3.31. The summed E-state index contributed by atoms with van der Waals surface area (Å²) in [4.78, 5) is 0. The lowest BCUT2D eigenvalue weighted by Gasteiger charge is -2.21. The molecule has 0 aromatic heterocycles. The molecule has 0 aliphatic carbocycles. The Labute approximate surface area is 171 Å². The number of unbranched alkanes of at least 4 members (excludes halogenated alkanes) is 2. The first kappa shape index (κ1) is 20.7. The van der Waals surface area contributed by atoms with Gasteiger partial charge in [0.05, 0.1) is 24.8 Å². The zero-order valence-corrected chi connectivity index (χ0v) is 17.6. The minimum absolute atomic E-state index is 0.251. The molecule has 2 aromatic carbocycles. The van der Waals surface area contributed by atoms with E-state index in [0.29, 0.717) is 17.1 Å². The summed E-state index contributed by atoms with van der Waals surface area (Å²) in [6.45, 7) is 3.50. The van der Waals surface area contributed by atoms with Crippen molar-refractivity contribution in [3.63, 3.8) is 0 Å². The molecule has 3 nitrogen and oxygen atoms in total. The minimum atomic E-state index is -0.251. The van der Waals surface area contributed by atoms with E-state index < -0.39 is 0 Å². The SMILES string of the molecule is CCCCCC1=[N+](Cc2c(F)cccc2Cl)CCc2cc(OC)c(OC)cc21. The van der Waals surface area contributed by atoms with Crippen LogP contribution in [-0.2, 0) is 13.0 Å². The van der Waals surface area contributed by atoms with Crippen LogP contribution in [0.15, 0.2) is 30.3 Å². The largest absolute Gasteiger partial charge is 0.493 e. The van der Waals surface area contributed by atoms with Crippen LogP contribution >= 0.6 is 11.6 Å². The molecule has 0 saturated carbocycles. The topological polar surface area (TPSA) is 21.5 Å². The molecular formula is C23H28ClFNO2+. The molecule has 0 N–H and O–H groups in total. The van der Waals surface area contributed by atoms with E-state index in [1.165, 1.54) is 29.3 Å². The van der Waals surface area contributed by atoms with Crippen LogP contribution in [0.5, 0.6) is 11.5 Å². The minimum Gasteiger partial charge on any atom is -0.493 e. The van der Waals surface area contributed by atoms with Gasteiger partial charge in [-0.05, 0) is 36.2 Å². The third-order valence-electron chi connectivity index (χ3n) is 5.38. The molecule has 0 unspecified atom stereocenters. The monoisotopic (exact) mass is 404 g/mol. The van der Waals surface area contributed by atoms with Crippen molar-refractivity contribution in [2.24, 2.45) is 0 Å². The number of halogens is 2. The van der Waals surface area contributed by atoms with Gasteiger partial charge in [0, 0.05) is 18.4 Å². The van der Waals surface area contributed by atoms with Gasteiger partial charge in [-0.25, -0.2) is 8.97 Å². The first-order valence-electron chi connectivity index (χ1n) is 9.88. The number of methoxy groups -OCH3 is 2. The van der Waals surface area contributed by atoms with E-state index in [1.54, 1.807) is 26.4 Å². The van der Waals surface area contributed by atoms with E-state index in [0.717, 1.165) is 43.7 Å². The molecule has 2 aromatic rings. The summed E-state index contributed by atoms with van der Waals surface area (Å²) in [5.41, 5.74) is 4.21. The fraction of sp³-hybridized carbons (Fsp3) is 0.435. The molecule has 0 saturated heterocycles. The Kier molecular flexibility index (Phi) is 6.95. The van der Waals surface area contributed by atoms with Crippen molar-refractivity contribution in [2.75, 3.05) is 20.8 Å². The van der Waals surface area contributed by atoms with Gasteiger partial charge in [0.25, 0.3) is 0 Å². The molecule has 0 spiro atoms. The predicted octanol–water partition coefficient (Wildman–Crippen LogP) is 5.63. The number of rotatable bonds is 8. The van der Waals surface area contributed by atoms with Crippen LogP contribution in [0, 0.1) is 5.82 Å². The van der Waals surface area contributed by atoms with Crippen LogP contribution in [-0.4, -0.2) is 31.1 Å². The van der Waals surface area contributed by atoms with Crippen LogP contribution < -0.4 is 9.47 Å². The van der Waals surface area contributed by atoms with Crippen LogP contribution in [0.25, 0.3) is 0 Å². The Morgan fingerprint density at radius 3 is 2.54 bits per heavy atom. The summed E-state index contributed by atoms with van der Waals surface area (Å²) in [6, 6.07) is 9.01. The van der Waals surface area contributed by atoms with Crippen molar-refractivity contribution in [2.45, 2.75) is 45.6 Å². The number of nitrogens with zero attached hydrogens (tertiary/aromatic N) is 1. The van der Waals surface area contributed by atoms with Crippen LogP contribution in [0.3, 0.4) is 0 Å². The molecule has 3 rings (SSSR count). The Hall–Kier alpha value is -2.07. The first-order chi connectivity index (χ1) is 13.6. The molecule has 0 radical (unpaired) electrons. The lowest BCUT2D eigenvalue weighted by atomic mass is 9.92. The second kappa shape index (κ2) is 9.42. The Morgan fingerprint density at radius 1 is 1.11 bits per heavy atom. The predicted molar refractivity (Wildman–Crippen MR) is 112 cm³/mol. The summed E-state index contributed by atoms with van der Waals surface area (Å²) < 4.78 is 27.7. The van der Waals surface area contributed by atoms with Gasteiger partial charge in [-0.2, -0.15) is 0 Å². The normalized spacial score (nSPS) is 13.5. The Bertz CT molecular complexity index is 859. The maximum atomic E-state index is 14.4. The molecule has 28 heavy (non-hydrogen) atoms. The van der Waals surface area contributed by atoms with Gasteiger partial charge in [-0.15, -0.1) is 0 Å². The molecule has 0 atom stereocenters. The average Bonchev–Trinajstić information content (AvgIpc) is 2.70. The molecule has 0 fully saturated rings. The summed E-state index contributed by atoms with van der Waals surface area (Å²) in [5.74, 6) is 1.22. The highest BCUT2D eigenvalue weighted by molar-refractivity contribution is 6.31. The third-order valence-corrected chi connectivity index (χ3v) is 5.73. The van der Waals surface area contributed by atoms with E-state index in [4.69, 9.17) is 21.1 Å². The van der Waals surface area contributed by atoms with E-state index >= 15 is 0 Å². The molecule has 5 heteroatoms. The quantitative estimate of drug-likeness (QED) is 0.419. The van der Waals surface area contributed by atoms with Crippen molar-refractivity contribution in [3.8, 4) is 11.5 Å². The number of benzene rings is 2. The zero-order chi connectivity index (χ0) is 20.1. The lowest BCUT2D eigenvalue weighted by Crippen LogP contribution is -2.30. The second-order valence-corrected chi connectivity index (χ2v) is 7.55. The number of hydrogen-bond donors (Lipinski definition) is 0. The number of fused-ring (bicyclic) bond motifs is 1. The van der Waals surface area contributed by atoms with E-state index in [2.05, 4.69) is 23.6 Å². The summed E-state index contributed by atoms with van der Waals surface area (Å²) in [6.07, 6.45) is 5.24. The van der Waals surface area contributed by atoms with E-state index in [9.17, 15) is 4.39 Å². The number of ether oxygens (including phenoxy) is 2. The fourth-order valence-corrected chi connectivity index (χ4v) is 4.06. The Balaban J connectivity index is 2.06. The molecule has 1 aliphatic heterocycles. The van der Waals surface area contributed by atoms with E-state index in [-0.39, 0.29) is 5.82 Å². The van der Waals surface area contributed by atoms with Gasteiger partial charge in [-0.3, -0.25) is 0 Å². The highest BCUT2D eigenvalue weighted by Crippen LogP contribution is 2.34. The first-order valence-corrected chi connectivity index (χ1v) is 10.3. The summed E-state index contributed by atoms with van der Waals surface area (Å²) in [5, 5.41) is 0.478. The molecule has 1 heterocycles. The van der Waals surface area contributed by atoms with Crippen molar-refractivity contribution in [1.82, 2.24) is 0 Å². The van der Waals surface area contributed by atoms with Crippen molar-refractivity contribution in [3.05, 3.63) is 57.9 Å². The van der Waals surface area contributed by atoms with Gasteiger partial charge < -0.3 is 9.47 Å². The van der Waals surface area contributed by atoms with Gasteiger partial charge in [0.15, 0.2) is 23.8 Å². The molecular weight excluding hydrogens is 377 g/mol. The Morgan fingerprint density at radius 2 is 1.86 bits per heavy atom. The fourth-order valence-electron chi connectivity index (χ4n) is 3.84. The molecule has 150 valence electrons. The summed E-state index contributed by atoms with van der Waals surface area (Å²) >= 11 is 6.30. The van der Waals surface area contributed by atoms with Crippen LogP contribution in [0.2, 0.25) is 5.02 Å². The third kappa shape index (κ3) is 4.33. The molecule has 1 aliphatic rings. The van der Waals surface area contributed by atoms with Crippen molar-refractivity contribution in [1.29, 1.82) is 0 Å². The van der Waals surface area contributed by atoms with Crippen LogP contribution in [0.4, 0.5) is 4.39 Å². The standard InChI is InChI=1S/C23H28ClFNO2/c1-4-5-6-10-21-17-14-23(28-3)22(27-2)13-16(17)11-12-26(21)15-18-19(24)8-7-9-20(18)25/h7-9,13-14H,4-6,10-12,15H2,1-3H3/q+1. The zero-order valence-electron chi connectivity index (χ0n) is 16.9. The molecule has 0 amide bonds. The maximum absolute atomic E-state index is 14.4. The smallest absolute Gasteiger partial charge is 0.184 e. The van der Waals surface area contributed by atoms with Crippen molar-refractivity contribution >= 4 is 17.3 Å². The van der Waals surface area contributed by atoms with Crippen LogP contribution in [0.1, 0.15) is 49.3 Å². The average molecular weight is 405 g/mol. The number of hydrogen-bond acceptors (Lipinski definition) is 2. The van der Waals surface area contributed by atoms with Gasteiger partial charge in [-0.1, -0.05) is 37.4 Å². The molecule has 0 bridgehead atoms. The van der Waals surface area contributed by atoms with Gasteiger partial charge in [0.1, 0.15) is 12.4 Å². The lowest BCUT2D eigenvalue weighted by molar-refractivity contribution is -0.546. The van der Waals surface area contributed by atoms with Gasteiger partial charge >= 0.3 is 0 Å².